The van der Waals surface area contributed by atoms with Gasteiger partial charge < -0.3 is 14.2 Å². The molecule has 0 atom stereocenters. The molecule has 0 aliphatic carbocycles. The molecular weight excluding hydrogens is 254 g/mol. The highest BCUT2D eigenvalue weighted by Gasteiger charge is 2.43. The molecule has 18 heavy (non-hydrogen) atoms. The average molecular weight is 290 g/mol. The highest BCUT2D eigenvalue weighted by molar-refractivity contribution is 6.89. The van der Waals surface area contributed by atoms with E-state index < -0.39 is 16.8 Å². The lowest BCUT2D eigenvalue weighted by atomic mass is 10.5. The van der Waals surface area contributed by atoms with Crippen molar-refractivity contribution in [3.8, 4) is 0 Å². The van der Waals surface area contributed by atoms with Crippen LogP contribution < -0.4 is 9.96 Å². The van der Waals surface area contributed by atoms with Gasteiger partial charge in [0.05, 0.1) is 0 Å². The molecular formula is C13H35N3Si2. The van der Waals surface area contributed by atoms with Crippen molar-refractivity contribution in [3.63, 3.8) is 0 Å². The summed E-state index contributed by atoms with van der Waals surface area (Å²) in [5.41, 5.74) is 0. The molecule has 2 N–H and O–H groups in total. The molecule has 0 saturated heterocycles. The molecule has 0 aliphatic rings. The third kappa shape index (κ3) is 5.13. The molecule has 0 amide bonds. The Labute approximate surface area is 117 Å². The van der Waals surface area contributed by atoms with Crippen LogP contribution in [-0.4, -0.2) is 40.7 Å². The first-order valence-electron chi connectivity index (χ1n) is 7.65. The van der Waals surface area contributed by atoms with E-state index in [1.54, 1.807) is 0 Å². The van der Waals surface area contributed by atoms with Crippen LogP contribution in [0.2, 0.25) is 25.7 Å². The Bertz CT molecular complexity index is 209. The normalized spacial score (nSPS) is 13.3. The Morgan fingerprint density at radius 2 is 1.28 bits per heavy atom. The zero-order valence-electron chi connectivity index (χ0n) is 13.7. The molecule has 0 heterocycles. The van der Waals surface area contributed by atoms with Crippen LogP contribution in [0.5, 0.6) is 0 Å². The van der Waals surface area contributed by atoms with Gasteiger partial charge in [0.2, 0.25) is 0 Å². The predicted octanol–water partition coefficient (Wildman–Crippen LogP) is 3.10. The smallest absolute Gasteiger partial charge is 0.277 e. The minimum atomic E-state index is -1.68. The van der Waals surface area contributed by atoms with E-state index in [9.17, 15) is 0 Å². The third-order valence-electron chi connectivity index (χ3n) is 3.43. The summed E-state index contributed by atoms with van der Waals surface area (Å²) in [6.07, 6.45) is 2.43. The zero-order valence-corrected chi connectivity index (χ0v) is 15.7. The lowest BCUT2D eigenvalue weighted by Crippen LogP contribution is -2.77. The van der Waals surface area contributed by atoms with E-state index in [0.29, 0.717) is 0 Å². The van der Waals surface area contributed by atoms with Crippen LogP contribution in [0.4, 0.5) is 0 Å². The summed E-state index contributed by atoms with van der Waals surface area (Å²) in [6.45, 7) is 20.0. The van der Waals surface area contributed by atoms with Crippen molar-refractivity contribution in [3.05, 3.63) is 0 Å². The van der Waals surface area contributed by atoms with E-state index in [4.69, 9.17) is 0 Å². The van der Waals surface area contributed by atoms with Crippen molar-refractivity contribution in [2.45, 2.75) is 66.2 Å². The molecule has 0 rings (SSSR count). The largest absolute Gasteiger partial charge is 0.322 e. The lowest BCUT2D eigenvalue weighted by molar-refractivity contribution is 0.566. The van der Waals surface area contributed by atoms with Crippen molar-refractivity contribution in [1.29, 1.82) is 0 Å². The molecule has 0 aromatic heterocycles. The molecule has 0 aromatic carbocycles. The van der Waals surface area contributed by atoms with Gasteiger partial charge in [0.15, 0.2) is 0 Å². The molecule has 0 saturated carbocycles. The number of nitrogens with one attached hydrogen (secondary N) is 2. The standard InChI is InChI=1S/C13H35N3Si2/c1-8-12-14-18(11-4,15-13-9-2)16(10-3)17(5,6)7/h14-15H,8-13H2,1-7H3. The number of nitrogens with zero attached hydrogens (tertiary/aromatic N) is 1. The van der Waals surface area contributed by atoms with Crippen LogP contribution in [0, 0.1) is 0 Å². The van der Waals surface area contributed by atoms with Crippen molar-refractivity contribution >= 4 is 16.8 Å². The Morgan fingerprint density at radius 1 is 0.833 bits per heavy atom. The Balaban J connectivity index is 5.09. The van der Waals surface area contributed by atoms with Gasteiger partial charge in [-0.15, -0.1) is 0 Å². The van der Waals surface area contributed by atoms with Gasteiger partial charge in [-0.1, -0.05) is 47.3 Å². The van der Waals surface area contributed by atoms with Crippen LogP contribution in [0.3, 0.4) is 0 Å². The molecule has 0 fully saturated rings. The van der Waals surface area contributed by atoms with Crippen LogP contribution in [0.1, 0.15) is 40.5 Å². The number of rotatable bonds is 10. The van der Waals surface area contributed by atoms with Gasteiger partial charge in [-0.05, 0) is 38.5 Å². The van der Waals surface area contributed by atoms with Crippen molar-refractivity contribution in [2.75, 3.05) is 19.6 Å². The van der Waals surface area contributed by atoms with Crippen LogP contribution in [-0.2, 0) is 0 Å². The lowest BCUT2D eigenvalue weighted by Gasteiger charge is -2.48. The van der Waals surface area contributed by atoms with E-state index in [1.807, 2.05) is 0 Å². The molecule has 0 spiro atoms. The number of hydrogen-bond donors (Lipinski definition) is 2. The van der Waals surface area contributed by atoms with Gasteiger partial charge in [-0.2, -0.15) is 0 Å². The second-order valence-corrected chi connectivity index (χ2v) is 15.0. The van der Waals surface area contributed by atoms with Crippen LogP contribution >= 0.6 is 0 Å². The van der Waals surface area contributed by atoms with E-state index in [-0.39, 0.29) is 0 Å². The van der Waals surface area contributed by atoms with Gasteiger partial charge in [0.1, 0.15) is 8.24 Å². The Hall–Kier alpha value is 0.314. The first-order valence-corrected chi connectivity index (χ1v) is 13.3. The average Bonchev–Trinajstić information content (AvgIpc) is 2.31. The molecule has 0 unspecified atom stereocenters. The van der Waals surface area contributed by atoms with Gasteiger partial charge in [0, 0.05) is 0 Å². The fourth-order valence-electron chi connectivity index (χ4n) is 2.67. The van der Waals surface area contributed by atoms with E-state index in [0.717, 1.165) is 13.1 Å². The highest BCUT2D eigenvalue weighted by atomic mass is 28.4. The van der Waals surface area contributed by atoms with E-state index >= 15 is 0 Å². The summed E-state index contributed by atoms with van der Waals surface area (Å²) < 4.78 is 2.82. The zero-order chi connectivity index (χ0) is 14.2. The fourth-order valence-corrected chi connectivity index (χ4v) is 12.4. The molecule has 0 bridgehead atoms. The molecule has 5 heteroatoms. The summed E-state index contributed by atoms with van der Waals surface area (Å²) in [7, 11) is -2.95. The molecule has 110 valence electrons. The van der Waals surface area contributed by atoms with Crippen molar-refractivity contribution in [2.24, 2.45) is 0 Å². The van der Waals surface area contributed by atoms with Gasteiger partial charge >= 0.3 is 0 Å². The summed E-state index contributed by atoms with van der Waals surface area (Å²) in [5, 5.41) is 0. The maximum atomic E-state index is 3.91. The molecule has 3 nitrogen and oxygen atoms in total. The SMILES string of the molecule is CCCN[Si](CC)(NCCC)N(CC)[Si](C)(C)C. The predicted molar refractivity (Wildman–Crippen MR) is 88.5 cm³/mol. The van der Waals surface area contributed by atoms with Gasteiger partial charge in [-0.25, -0.2) is 0 Å². The second kappa shape index (κ2) is 8.48. The molecule has 0 aliphatic heterocycles. The number of hydrogen-bond acceptors (Lipinski definition) is 3. The fraction of sp³-hybridized carbons (Fsp3) is 1.00. The maximum Gasteiger partial charge on any atom is 0.277 e. The van der Waals surface area contributed by atoms with Crippen molar-refractivity contribution in [1.82, 2.24) is 14.2 Å². The molecule has 0 aromatic rings. The highest BCUT2D eigenvalue weighted by Crippen LogP contribution is 2.19. The quantitative estimate of drug-likeness (QED) is 0.605. The summed E-state index contributed by atoms with van der Waals surface area (Å²) in [5.74, 6) is 0. The van der Waals surface area contributed by atoms with Crippen LogP contribution in [0.25, 0.3) is 0 Å². The monoisotopic (exact) mass is 289 g/mol. The summed E-state index contributed by atoms with van der Waals surface area (Å²) in [6, 6.07) is 1.24. The maximum absolute atomic E-state index is 3.91. The summed E-state index contributed by atoms with van der Waals surface area (Å²) in [4.78, 5) is 7.83. The minimum absolute atomic E-state index is 1.14. The Kier molecular flexibility index (Phi) is 8.63. The third-order valence-corrected chi connectivity index (χ3v) is 12.5. The minimum Gasteiger partial charge on any atom is -0.322 e. The second-order valence-electron chi connectivity index (χ2n) is 5.98. The molecule has 0 radical (unpaired) electrons. The Morgan fingerprint density at radius 3 is 1.50 bits per heavy atom. The summed E-state index contributed by atoms with van der Waals surface area (Å²) >= 11 is 0. The van der Waals surface area contributed by atoms with Crippen LogP contribution in [0.15, 0.2) is 0 Å². The first-order chi connectivity index (χ1) is 8.37. The van der Waals surface area contributed by atoms with Gasteiger partial charge in [-0.3, -0.25) is 0 Å². The van der Waals surface area contributed by atoms with E-state index in [2.05, 4.69) is 61.5 Å². The topological polar surface area (TPSA) is 27.3 Å². The van der Waals surface area contributed by atoms with Gasteiger partial charge in [0.25, 0.3) is 8.56 Å². The first kappa shape index (κ1) is 18.3. The van der Waals surface area contributed by atoms with Crippen molar-refractivity contribution < 1.29 is 0 Å². The van der Waals surface area contributed by atoms with E-state index in [1.165, 1.54) is 25.4 Å².